The number of nitrogens with one attached hydrogen (secondary N) is 1. The monoisotopic (exact) mass is 257 g/mol. The molecule has 0 bridgehead atoms. The standard InChI is InChI=1S/C13H23NO4/c1-9-5-3-4-6-11(9)18-8-12(15)14-10(2)7-13(16)17/h9-11H,3-8H2,1-2H3,(H,14,15)(H,16,17)/t9-,10+,11+/m0/s1. The van der Waals surface area contributed by atoms with E-state index in [1.807, 2.05) is 0 Å². The molecule has 1 aliphatic carbocycles. The van der Waals surface area contributed by atoms with E-state index in [2.05, 4.69) is 12.2 Å². The number of hydrogen-bond acceptors (Lipinski definition) is 3. The summed E-state index contributed by atoms with van der Waals surface area (Å²) in [5.41, 5.74) is 0. The Bertz CT molecular complexity index is 293. The topological polar surface area (TPSA) is 75.6 Å². The first-order chi connectivity index (χ1) is 8.49. The third kappa shape index (κ3) is 5.49. The van der Waals surface area contributed by atoms with Crippen LogP contribution in [0.2, 0.25) is 0 Å². The van der Waals surface area contributed by atoms with Crippen molar-refractivity contribution < 1.29 is 19.4 Å². The van der Waals surface area contributed by atoms with Crippen LogP contribution in [0.5, 0.6) is 0 Å². The third-order valence-corrected chi connectivity index (χ3v) is 3.35. The van der Waals surface area contributed by atoms with Crippen LogP contribution in [0.25, 0.3) is 0 Å². The Morgan fingerprint density at radius 3 is 2.67 bits per heavy atom. The van der Waals surface area contributed by atoms with E-state index in [9.17, 15) is 9.59 Å². The van der Waals surface area contributed by atoms with Gasteiger partial charge in [-0.05, 0) is 25.7 Å². The highest BCUT2D eigenvalue weighted by molar-refractivity contribution is 5.78. The van der Waals surface area contributed by atoms with Gasteiger partial charge in [-0.25, -0.2) is 0 Å². The Kier molecular flexibility index (Phi) is 6.12. The summed E-state index contributed by atoms with van der Waals surface area (Å²) >= 11 is 0. The molecule has 5 nitrogen and oxygen atoms in total. The Balaban J connectivity index is 2.21. The second kappa shape index (κ2) is 7.36. The van der Waals surface area contributed by atoms with Crippen LogP contribution in [0.3, 0.4) is 0 Å². The van der Waals surface area contributed by atoms with Crippen LogP contribution in [0.4, 0.5) is 0 Å². The summed E-state index contributed by atoms with van der Waals surface area (Å²) in [4.78, 5) is 22.0. The van der Waals surface area contributed by atoms with Gasteiger partial charge in [0, 0.05) is 6.04 Å². The fourth-order valence-electron chi connectivity index (χ4n) is 2.34. The first-order valence-electron chi connectivity index (χ1n) is 6.61. The van der Waals surface area contributed by atoms with Crippen molar-refractivity contribution in [3.05, 3.63) is 0 Å². The van der Waals surface area contributed by atoms with Gasteiger partial charge in [-0.1, -0.05) is 19.8 Å². The number of aliphatic carboxylic acids is 1. The molecule has 0 unspecified atom stereocenters. The molecule has 2 N–H and O–H groups in total. The lowest BCUT2D eigenvalue weighted by atomic mass is 9.88. The predicted molar refractivity (Wildman–Crippen MR) is 67.2 cm³/mol. The lowest BCUT2D eigenvalue weighted by molar-refractivity contribution is -0.138. The quantitative estimate of drug-likeness (QED) is 0.757. The second-order valence-corrected chi connectivity index (χ2v) is 5.18. The maximum absolute atomic E-state index is 11.6. The molecule has 0 spiro atoms. The van der Waals surface area contributed by atoms with E-state index in [1.165, 1.54) is 6.42 Å². The molecule has 3 atom stereocenters. The SMILES string of the molecule is C[C@H](CC(=O)O)NC(=O)CO[C@@H]1CCCC[C@@H]1C. The number of hydrogen-bond donors (Lipinski definition) is 2. The van der Waals surface area contributed by atoms with Gasteiger partial charge in [0.25, 0.3) is 0 Å². The molecule has 1 rings (SSSR count). The fourth-order valence-corrected chi connectivity index (χ4v) is 2.34. The van der Waals surface area contributed by atoms with E-state index < -0.39 is 5.97 Å². The maximum Gasteiger partial charge on any atom is 0.305 e. The lowest BCUT2D eigenvalue weighted by Gasteiger charge is -2.28. The van der Waals surface area contributed by atoms with E-state index in [0.29, 0.717) is 5.92 Å². The average Bonchev–Trinajstić information content (AvgIpc) is 2.26. The van der Waals surface area contributed by atoms with Crippen molar-refractivity contribution in [3.8, 4) is 0 Å². The van der Waals surface area contributed by atoms with Crippen molar-refractivity contribution in [3.63, 3.8) is 0 Å². The average molecular weight is 257 g/mol. The zero-order valence-electron chi connectivity index (χ0n) is 11.1. The molecule has 5 heteroatoms. The van der Waals surface area contributed by atoms with Gasteiger partial charge in [0.2, 0.25) is 5.91 Å². The molecule has 1 saturated carbocycles. The van der Waals surface area contributed by atoms with Crippen LogP contribution in [0.15, 0.2) is 0 Å². The maximum atomic E-state index is 11.6. The van der Waals surface area contributed by atoms with Gasteiger partial charge < -0.3 is 15.2 Å². The Labute approximate surface area is 108 Å². The molecule has 0 aromatic carbocycles. The van der Waals surface area contributed by atoms with Crippen LogP contribution in [0.1, 0.15) is 46.0 Å². The molecule has 1 fully saturated rings. The molecule has 0 aromatic heterocycles. The Morgan fingerprint density at radius 1 is 1.39 bits per heavy atom. The zero-order valence-corrected chi connectivity index (χ0v) is 11.1. The van der Waals surface area contributed by atoms with Gasteiger partial charge in [0.05, 0.1) is 12.5 Å². The van der Waals surface area contributed by atoms with Crippen molar-refractivity contribution in [2.24, 2.45) is 5.92 Å². The molecule has 1 aliphatic rings. The highest BCUT2D eigenvalue weighted by Crippen LogP contribution is 2.25. The van der Waals surface area contributed by atoms with Crippen molar-refractivity contribution >= 4 is 11.9 Å². The third-order valence-electron chi connectivity index (χ3n) is 3.35. The molecular formula is C13H23NO4. The minimum Gasteiger partial charge on any atom is -0.481 e. The summed E-state index contributed by atoms with van der Waals surface area (Å²) in [5, 5.41) is 11.2. The van der Waals surface area contributed by atoms with E-state index in [1.54, 1.807) is 6.92 Å². The van der Waals surface area contributed by atoms with Crippen LogP contribution in [-0.4, -0.2) is 35.7 Å². The van der Waals surface area contributed by atoms with Crippen molar-refractivity contribution in [1.82, 2.24) is 5.32 Å². The van der Waals surface area contributed by atoms with Gasteiger partial charge in [0.15, 0.2) is 0 Å². The van der Waals surface area contributed by atoms with Crippen molar-refractivity contribution in [2.45, 2.75) is 58.1 Å². The van der Waals surface area contributed by atoms with Crippen LogP contribution in [-0.2, 0) is 14.3 Å². The highest BCUT2D eigenvalue weighted by Gasteiger charge is 2.22. The summed E-state index contributed by atoms with van der Waals surface area (Å²) in [7, 11) is 0. The number of rotatable bonds is 6. The van der Waals surface area contributed by atoms with E-state index >= 15 is 0 Å². The molecule has 0 heterocycles. The summed E-state index contributed by atoms with van der Waals surface area (Å²) in [6.07, 6.45) is 4.67. The molecule has 104 valence electrons. The molecule has 0 radical (unpaired) electrons. The summed E-state index contributed by atoms with van der Waals surface area (Å²) < 4.78 is 5.60. The Morgan fingerprint density at radius 2 is 2.06 bits per heavy atom. The number of amides is 1. The molecule has 18 heavy (non-hydrogen) atoms. The number of carbonyl (C=O) groups excluding carboxylic acids is 1. The van der Waals surface area contributed by atoms with E-state index in [0.717, 1.165) is 19.3 Å². The van der Waals surface area contributed by atoms with Crippen LogP contribution in [0, 0.1) is 5.92 Å². The van der Waals surface area contributed by atoms with Gasteiger partial charge in [-0.3, -0.25) is 9.59 Å². The number of carboxylic acid groups (broad SMARTS) is 1. The van der Waals surface area contributed by atoms with Gasteiger partial charge in [-0.2, -0.15) is 0 Å². The molecule has 0 aromatic rings. The van der Waals surface area contributed by atoms with Gasteiger partial charge in [-0.15, -0.1) is 0 Å². The minimum absolute atomic E-state index is 0.0268. The number of ether oxygens (including phenoxy) is 1. The van der Waals surface area contributed by atoms with Gasteiger partial charge >= 0.3 is 5.97 Å². The lowest BCUT2D eigenvalue weighted by Crippen LogP contribution is -2.38. The Hall–Kier alpha value is -1.10. The second-order valence-electron chi connectivity index (χ2n) is 5.18. The minimum atomic E-state index is -0.912. The smallest absolute Gasteiger partial charge is 0.305 e. The summed E-state index contributed by atoms with van der Waals surface area (Å²) in [6.45, 7) is 3.85. The number of carboxylic acids is 1. The normalized spacial score (nSPS) is 25.4. The van der Waals surface area contributed by atoms with Crippen molar-refractivity contribution in [1.29, 1.82) is 0 Å². The first kappa shape index (κ1) is 15.0. The molecular weight excluding hydrogens is 234 g/mol. The predicted octanol–water partition coefficient (Wildman–Crippen LogP) is 1.56. The molecule has 0 aliphatic heterocycles. The number of carbonyl (C=O) groups is 2. The van der Waals surface area contributed by atoms with E-state index in [4.69, 9.17) is 9.84 Å². The highest BCUT2D eigenvalue weighted by atomic mass is 16.5. The fraction of sp³-hybridized carbons (Fsp3) is 0.846. The van der Waals surface area contributed by atoms with Gasteiger partial charge in [0.1, 0.15) is 6.61 Å². The zero-order chi connectivity index (χ0) is 13.5. The van der Waals surface area contributed by atoms with Crippen molar-refractivity contribution in [2.75, 3.05) is 6.61 Å². The molecule has 0 saturated heterocycles. The van der Waals surface area contributed by atoms with E-state index in [-0.39, 0.29) is 31.1 Å². The largest absolute Gasteiger partial charge is 0.481 e. The summed E-state index contributed by atoms with van der Waals surface area (Å²) in [5.74, 6) is -0.644. The van der Waals surface area contributed by atoms with Crippen LogP contribution < -0.4 is 5.32 Å². The molecule has 1 amide bonds. The first-order valence-corrected chi connectivity index (χ1v) is 6.61. The van der Waals surface area contributed by atoms with Crippen LogP contribution >= 0.6 is 0 Å². The summed E-state index contributed by atoms with van der Waals surface area (Å²) in [6, 6.07) is -0.359.